The second-order valence-corrected chi connectivity index (χ2v) is 9.45. The minimum absolute atomic E-state index is 0.109. The smallest absolute Gasteiger partial charge is 0.490 e. The summed E-state index contributed by atoms with van der Waals surface area (Å²) < 4.78 is 68.7. The Bertz CT molecular complexity index is 1400. The monoisotopic (exact) mass is 643 g/mol. The Hall–Kier alpha value is -4.63. The molecule has 0 saturated carbocycles. The molecule has 9 nitrogen and oxygen atoms in total. The number of carboxylic acids is 2. The quantitative estimate of drug-likeness (QED) is 0.266. The second kappa shape index (κ2) is 17.0. The highest BCUT2D eigenvalue weighted by atomic mass is 19.4. The van der Waals surface area contributed by atoms with E-state index in [4.69, 9.17) is 24.5 Å². The lowest BCUT2D eigenvalue weighted by atomic mass is 10.0. The molecule has 3 aromatic rings. The maximum atomic E-state index is 12.5. The first kappa shape index (κ1) is 36.6. The molecule has 4 rings (SSSR count). The largest absolute Gasteiger partial charge is 0.497 e. The fraction of sp³-hybridized carbons (Fsp3) is 0.300. The molecule has 0 aliphatic carbocycles. The number of carboxylic acid groups (broad SMARTS) is 2. The number of nitrogens with zero attached hydrogens (tertiary/aromatic N) is 1. The van der Waals surface area contributed by atoms with Crippen molar-refractivity contribution in [1.29, 1.82) is 0 Å². The average Bonchev–Trinajstić information content (AvgIpc) is 3.00. The van der Waals surface area contributed by atoms with E-state index in [1.54, 1.807) is 19.2 Å². The van der Waals surface area contributed by atoms with Gasteiger partial charge in [-0.25, -0.2) is 9.59 Å². The van der Waals surface area contributed by atoms with Gasteiger partial charge in [0.25, 0.3) is 5.91 Å². The number of hydrogen-bond donors (Lipinski definition) is 4. The topological polar surface area (TPSA) is 128 Å². The summed E-state index contributed by atoms with van der Waals surface area (Å²) in [5, 5.41) is 20.7. The molecule has 4 N–H and O–H groups in total. The van der Waals surface area contributed by atoms with Gasteiger partial charge in [0.1, 0.15) is 5.75 Å². The number of amides is 1. The summed E-state index contributed by atoms with van der Waals surface area (Å²) in [5.74, 6) is -4.95. The number of rotatable bonds is 7. The number of benzene rings is 3. The number of piperazine rings is 1. The van der Waals surface area contributed by atoms with E-state index >= 15 is 0 Å². The molecule has 15 heteroatoms. The number of halogens is 6. The van der Waals surface area contributed by atoms with E-state index in [-0.39, 0.29) is 5.91 Å². The van der Waals surface area contributed by atoms with Gasteiger partial charge < -0.3 is 25.6 Å². The molecule has 0 radical (unpaired) electrons. The number of hydrogen-bond acceptors (Lipinski definition) is 6. The molecule has 1 heterocycles. The van der Waals surface area contributed by atoms with Crippen LogP contribution in [0.25, 0.3) is 11.1 Å². The number of ether oxygens (including phenoxy) is 1. The molecule has 0 unspecified atom stereocenters. The van der Waals surface area contributed by atoms with E-state index in [2.05, 4.69) is 51.9 Å². The minimum Gasteiger partial charge on any atom is -0.497 e. The molecule has 0 aromatic heterocycles. The summed E-state index contributed by atoms with van der Waals surface area (Å²) >= 11 is 0. The molecule has 0 atom stereocenters. The molecule has 3 aromatic carbocycles. The fourth-order valence-electron chi connectivity index (χ4n) is 3.89. The number of aliphatic carboxylic acids is 2. The van der Waals surface area contributed by atoms with Crippen LogP contribution in [-0.2, 0) is 22.7 Å². The van der Waals surface area contributed by atoms with Gasteiger partial charge >= 0.3 is 24.3 Å². The maximum absolute atomic E-state index is 12.5. The van der Waals surface area contributed by atoms with Crippen LogP contribution in [0.5, 0.6) is 5.75 Å². The number of nitrogens with one attached hydrogen (secondary N) is 2. The molecular formula is C30H31F6N3O6. The van der Waals surface area contributed by atoms with Crippen molar-refractivity contribution in [2.75, 3.05) is 33.3 Å². The Labute approximate surface area is 254 Å². The number of carbonyl (C=O) groups excluding carboxylic acids is 1. The zero-order valence-corrected chi connectivity index (χ0v) is 23.9. The van der Waals surface area contributed by atoms with Crippen LogP contribution in [-0.4, -0.2) is 78.6 Å². The van der Waals surface area contributed by atoms with Crippen LogP contribution in [0.1, 0.15) is 21.5 Å². The number of alkyl halides is 6. The van der Waals surface area contributed by atoms with Gasteiger partial charge in [-0.05, 0) is 52.6 Å². The van der Waals surface area contributed by atoms with Crippen molar-refractivity contribution in [2.24, 2.45) is 0 Å². The zero-order valence-electron chi connectivity index (χ0n) is 23.9. The number of carbonyl (C=O) groups is 3. The summed E-state index contributed by atoms with van der Waals surface area (Å²) in [6, 6.07) is 24.3. The van der Waals surface area contributed by atoms with Gasteiger partial charge in [0.15, 0.2) is 0 Å². The Morgan fingerprint density at radius 1 is 0.800 bits per heavy atom. The Kier molecular flexibility index (Phi) is 13.8. The third-order valence-electron chi connectivity index (χ3n) is 6.07. The Morgan fingerprint density at radius 2 is 1.29 bits per heavy atom. The standard InChI is InChI=1S/C26H29N3O2.2C2HF3O2/c1-31-25-10-4-9-24(17-25)26(30)28-18-20-5-2-7-22(15-20)23-8-3-6-21(16-23)19-29-13-11-27-12-14-29;2*3-2(4,5)1(6)7/h2-10,15-17,27H,11-14,18-19H2,1H3,(H,28,30);2*(H,6,7). The van der Waals surface area contributed by atoms with E-state index in [1.807, 2.05) is 24.3 Å². The predicted molar refractivity (Wildman–Crippen MR) is 152 cm³/mol. The molecule has 1 fully saturated rings. The van der Waals surface area contributed by atoms with Crippen LogP contribution in [0.2, 0.25) is 0 Å². The van der Waals surface area contributed by atoms with E-state index in [0.717, 1.165) is 43.9 Å². The van der Waals surface area contributed by atoms with E-state index in [9.17, 15) is 31.1 Å². The van der Waals surface area contributed by atoms with Crippen molar-refractivity contribution < 1.29 is 55.7 Å². The van der Waals surface area contributed by atoms with Gasteiger partial charge in [-0.15, -0.1) is 0 Å². The highest BCUT2D eigenvalue weighted by molar-refractivity contribution is 5.94. The normalized spacial score (nSPS) is 13.3. The first-order valence-corrected chi connectivity index (χ1v) is 13.2. The van der Waals surface area contributed by atoms with Crippen molar-refractivity contribution in [2.45, 2.75) is 25.4 Å². The van der Waals surface area contributed by atoms with Gasteiger partial charge in [-0.3, -0.25) is 9.69 Å². The predicted octanol–water partition coefficient (Wildman–Crippen LogP) is 4.96. The van der Waals surface area contributed by atoms with Crippen LogP contribution < -0.4 is 15.4 Å². The van der Waals surface area contributed by atoms with Crippen LogP contribution >= 0.6 is 0 Å². The van der Waals surface area contributed by atoms with Crippen molar-refractivity contribution in [3.63, 3.8) is 0 Å². The Balaban J connectivity index is 0.000000421. The Morgan fingerprint density at radius 3 is 1.80 bits per heavy atom. The lowest BCUT2D eigenvalue weighted by Crippen LogP contribution is -2.42. The fourth-order valence-corrected chi connectivity index (χ4v) is 3.89. The molecule has 1 aliphatic rings. The molecule has 1 saturated heterocycles. The maximum Gasteiger partial charge on any atom is 0.490 e. The summed E-state index contributed by atoms with van der Waals surface area (Å²) in [5.41, 5.74) is 5.36. The lowest BCUT2D eigenvalue weighted by molar-refractivity contribution is -0.193. The zero-order chi connectivity index (χ0) is 33.6. The van der Waals surface area contributed by atoms with E-state index in [0.29, 0.717) is 17.9 Å². The van der Waals surface area contributed by atoms with Crippen molar-refractivity contribution in [1.82, 2.24) is 15.5 Å². The van der Waals surface area contributed by atoms with Gasteiger partial charge in [0.2, 0.25) is 0 Å². The lowest BCUT2D eigenvalue weighted by Gasteiger charge is -2.27. The first-order valence-electron chi connectivity index (χ1n) is 13.2. The molecule has 45 heavy (non-hydrogen) atoms. The minimum atomic E-state index is -5.08. The van der Waals surface area contributed by atoms with Crippen LogP contribution in [0.15, 0.2) is 72.8 Å². The van der Waals surface area contributed by atoms with Crippen molar-refractivity contribution >= 4 is 17.8 Å². The van der Waals surface area contributed by atoms with Gasteiger partial charge in [-0.2, -0.15) is 26.3 Å². The van der Waals surface area contributed by atoms with Crippen LogP contribution in [0, 0.1) is 0 Å². The molecule has 1 amide bonds. The average molecular weight is 644 g/mol. The summed E-state index contributed by atoms with van der Waals surface area (Å²) in [6.45, 7) is 5.75. The van der Waals surface area contributed by atoms with E-state index in [1.165, 1.54) is 11.1 Å². The summed E-state index contributed by atoms with van der Waals surface area (Å²) in [7, 11) is 1.60. The molecule has 244 valence electrons. The third kappa shape index (κ3) is 13.3. The SMILES string of the molecule is COc1cccc(C(=O)NCc2cccc(-c3cccc(CN4CCNCC4)c3)c2)c1.O=C(O)C(F)(F)F.O=C(O)C(F)(F)F. The van der Waals surface area contributed by atoms with Gasteiger partial charge in [0.05, 0.1) is 7.11 Å². The molecule has 1 aliphatic heterocycles. The third-order valence-corrected chi connectivity index (χ3v) is 6.07. The number of methoxy groups -OCH3 is 1. The first-order chi connectivity index (χ1) is 21.1. The van der Waals surface area contributed by atoms with E-state index < -0.39 is 24.3 Å². The van der Waals surface area contributed by atoms with Crippen molar-refractivity contribution in [3.05, 3.63) is 89.5 Å². The van der Waals surface area contributed by atoms with Crippen LogP contribution in [0.3, 0.4) is 0 Å². The van der Waals surface area contributed by atoms with Gasteiger partial charge in [0, 0.05) is 44.8 Å². The van der Waals surface area contributed by atoms with Crippen molar-refractivity contribution in [3.8, 4) is 16.9 Å². The van der Waals surface area contributed by atoms with Crippen LogP contribution in [0.4, 0.5) is 26.3 Å². The highest BCUT2D eigenvalue weighted by Crippen LogP contribution is 2.23. The molecule has 0 spiro atoms. The summed E-state index contributed by atoms with van der Waals surface area (Å²) in [6.07, 6.45) is -10.2. The molecule has 0 bridgehead atoms. The highest BCUT2D eigenvalue weighted by Gasteiger charge is 2.38. The second-order valence-electron chi connectivity index (χ2n) is 9.45. The molecular weight excluding hydrogens is 612 g/mol. The van der Waals surface area contributed by atoms with Gasteiger partial charge in [-0.1, -0.05) is 42.5 Å². The summed E-state index contributed by atoms with van der Waals surface area (Å²) in [4.78, 5) is 32.8.